The summed E-state index contributed by atoms with van der Waals surface area (Å²) in [5, 5.41) is 0. The zero-order chi connectivity index (χ0) is 22.6. The summed E-state index contributed by atoms with van der Waals surface area (Å²) < 4.78 is 2.54. The number of hydrogen-bond acceptors (Lipinski definition) is 1. The maximum absolute atomic E-state index is 2.54. The number of hydrogen-bond donors (Lipinski definition) is 0. The zero-order valence-corrected chi connectivity index (χ0v) is 19.5. The lowest BCUT2D eigenvalue weighted by atomic mass is 9.87. The van der Waals surface area contributed by atoms with E-state index >= 15 is 0 Å². The fourth-order valence-corrected chi connectivity index (χ4v) is 4.96. The lowest BCUT2D eigenvalue weighted by Crippen LogP contribution is -2.31. The van der Waals surface area contributed by atoms with Crippen LogP contribution in [0.1, 0.15) is 19.4 Å². The van der Waals surface area contributed by atoms with Crippen LogP contribution in [0, 0.1) is 0 Å². The molecule has 0 saturated heterocycles. The Bertz CT molecular complexity index is 1200. The summed E-state index contributed by atoms with van der Waals surface area (Å²) in [7, 11) is 0. The van der Waals surface area contributed by atoms with E-state index in [0.717, 1.165) is 26.2 Å². The summed E-state index contributed by atoms with van der Waals surface area (Å²) in [5.41, 5.74) is 8.95. The van der Waals surface area contributed by atoms with Gasteiger partial charge in [0, 0.05) is 0 Å². The molecule has 4 aromatic carbocycles. The second-order valence-electron chi connectivity index (χ2n) is 8.53. The third-order valence-corrected chi connectivity index (χ3v) is 6.64. The molecule has 0 bridgehead atoms. The van der Waals surface area contributed by atoms with Gasteiger partial charge in [0.25, 0.3) is 5.84 Å². The fraction of sp³-hybridized carbons (Fsp3) is 0.194. The predicted octanol–water partition coefficient (Wildman–Crippen LogP) is 6.80. The summed E-state index contributed by atoms with van der Waals surface area (Å²) in [6, 6.07) is 37.3. The van der Waals surface area contributed by atoms with E-state index in [1.807, 2.05) is 0 Å². The predicted molar refractivity (Wildman–Crippen MR) is 140 cm³/mol. The van der Waals surface area contributed by atoms with E-state index in [-0.39, 0.29) is 0 Å². The summed E-state index contributed by atoms with van der Waals surface area (Å²) in [6.07, 6.45) is 0. The van der Waals surface area contributed by atoms with Crippen LogP contribution in [0.3, 0.4) is 0 Å². The average Bonchev–Trinajstić information content (AvgIpc) is 3.32. The second-order valence-corrected chi connectivity index (χ2v) is 8.53. The summed E-state index contributed by atoms with van der Waals surface area (Å²) in [4.78, 5) is 2.54. The molecule has 2 nitrogen and oxygen atoms in total. The quantitative estimate of drug-likeness (QED) is 0.304. The molecule has 164 valence electrons. The largest absolute Gasteiger partial charge is 0.280 e. The van der Waals surface area contributed by atoms with Crippen molar-refractivity contribution in [3.63, 3.8) is 0 Å². The molecule has 0 amide bonds. The second kappa shape index (κ2) is 9.46. The number of benzene rings is 4. The van der Waals surface area contributed by atoms with Crippen molar-refractivity contribution in [3.8, 4) is 33.4 Å². The third kappa shape index (κ3) is 4.09. The highest BCUT2D eigenvalue weighted by molar-refractivity contribution is 6.09. The number of nitrogens with zero attached hydrogens (tertiary/aromatic N) is 2. The first-order valence-electron chi connectivity index (χ1n) is 12.0. The Balaban J connectivity index is 1.89. The first kappa shape index (κ1) is 21.2. The van der Waals surface area contributed by atoms with Gasteiger partial charge in [-0.05, 0) is 59.4 Å². The molecule has 0 N–H and O–H groups in total. The van der Waals surface area contributed by atoms with E-state index in [4.69, 9.17) is 0 Å². The lowest BCUT2D eigenvalue weighted by Gasteiger charge is -2.21. The van der Waals surface area contributed by atoms with Gasteiger partial charge in [0.15, 0.2) is 0 Å². The van der Waals surface area contributed by atoms with Gasteiger partial charge >= 0.3 is 0 Å². The van der Waals surface area contributed by atoms with E-state index in [2.05, 4.69) is 126 Å². The summed E-state index contributed by atoms with van der Waals surface area (Å²) in [5.74, 6) is 1.36. The molecule has 1 heterocycles. The van der Waals surface area contributed by atoms with Crippen LogP contribution in [0.5, 0.6) is 0 Å². The van der Waals surface area contributed by atoms with Crippen molar-refractivity contribution in [2.75, 3.05) is 26.2 Å². The van der Waals surface area contributed by atoms with Gasteiger partial charge in [-0.15, -0.1) is 0 Å². The monoisotopic (exact) mass is 431 g/mol. The Hall–Kier alpha value is -3.65. The molecule has 4 aromatic rings. The van der Waals surface area contributed by atoms with E-state index < -0.39 is 0 Å². The van der Waals surface area contributed by atoms with Crippen LogP contribution >= 0.6 is 0 Å². The Labute approximate surface area is 197 Å². The summed E-state index contributed by atoms with van der Waals surface area (Å²) >= 11 is 0. The van der Waals surface area contributed by atoms with Crippen LogP contribution in [-0.4, -0.2) is 41.5 Å². The molecule has 2 heteroatoms. The number of likely N-dealkylation sites (N-methyl/N-ethyl adjacent to an activating group) is 2. The normalized spacial score (nSPS) is 13.6. The van der Waals surface area contributed by atoms with Crippen LogP contribution in [0.4, 0.5) is 0 Å². The first-order valence-corrected chi connectivity index (χ1v) is 12.0. The van der Waals surface area contributed by atoms with E-state index in [0.29, 0.717) is 0 Å². The number of rotatable bonds is 6. The van der Waals surface area contributed by atoms with Crippen molar-refractivity contribution in [2.45, 2.75) is 13.8 Å². The Morgan fingerprint density at radius 2 is 1.12 bits per heavy atom. The Morgan fingerprint density at radius 1 is 0.636 bits per heavy atom. The van der Waals surface area contributed by atoms with E-state index in [9.17, 15) is 0 Å². The van der Waals surface area contributed by atoms with Crippen molar-refractivity contribution in [2.24, 2.45) is 0 Å². The average molecular weight is 432 g/mol. The minimum absolute atomic E-state index is 1.01. The van der Waals surface area contributed by atoms with Crippen molar-refractivity contribution >= 4 is 5.84 Å². The van der Waals surface area contributed by atoms with Crippen molar-refractivity contribution in [1.29, 1.82) is 0 Å². The van der Waals surface area contributed by atoms with Crippen LogP contribution in [0.2, 0.25) is 0 Å². The summed E-state index contributed by atoms with van der Waals surface area (Å²) in [6.45, 7) is 8.69. The van der Waals surface area contributed by atoms with Gasteiger partial charge in [-0.3, -0.25) is 9.48 Å². The molecule has 1 aliphatic rings. The molecule has 0 aromatic heterocycles. The molecule has 0 aliphatic carbocycles. The maximum atomic E-state index is 2.54. The van der Waals surface area contributed by atoms with E-state index in [1.54, 1.807) is 0 Å². The SMILES string of the molecule is CCN1CC[N+](CC)=C1c1c(-c2ccccc2)cc(-c2ccccc2)cc1-c1ccccc1. The lowest BCUT2D eigenvalue weighted by molar-refractivity contribution is -0.513. The van der Waals surface area contributed by atoms with Crippen molar-refractivity contribution < 1.29 is 4.58 Å². The maximum Gasteiger partial charge on any atom is 0.280 e. The first-order chi connectivity index (χ1) is 16.3. The van der Waals surface area contributed by atoms with Crippen molar-refractivity contribution in [3.05, 3.63) is 109 Å². The Kier molecular flexibility index (Phi) is 6.08. The molecule has 5 rings (SSSR count). The molecule has 0 unspecified atom stereocenters. The molecule has 33 heavy (non-hydrogen) atoms. The molecule has 1 aliphatic heterocycles. The zero-order valence-electron chi connectivity index (χ0n) is 19.5. The van der Waals surface area contributed by atoms with Gasteiger partial charge in [-0.2, -0.15) is 0 Å². The van der Waals surface area contributed by atoms with E-state index in [1.165, 1.54) is 44.8 Å². The molecular formula is C31H31N2+. The number of amidine groups is 1. The van der Waals surface area contributed by atoms with Gasteiger partial charge in [0.2, 0.25) is 0 Å². The van der Waals surface area contributed by atoms with Gasteiger partial charge in [-0.1, -0.05) is 91.0 Å². The Morgan fingerprint density at radius 3 is 1.58 bits per heavy atom. The minimum atomic E-state index is 1.01. The highest BCUT2D eigenvalue weighted by Crippen LogP contribution is 2.38. The molecule has 0 atom stereocenters. The minimum Gasteiger partial charge on any atom is -0.258 e. The standard InChI is InChI=1S/C31H31N2/c1-3-32-20-21-33(4-2)31(32)30-28(25-16-10-6-11-17-25)22-27(24-14-8-5-9-15-24)23-29(30)26-18-12-7-13-19-26/h5-19,22-23H,3-4,20-21H2,1-2H3/q+1. The third-order valence-electron chi connectivity index (χ3n) is 6.64. The molecule has 0 fully saturated rings. The van der Waals surface area contributed by atoms with Gasteiger partial charge in [0.05, 0.1) is 18.7 Å². The smallest absolute Gasteiger partial charge is 0.258 e. The van der Waals surface area contributed by atoms with Crippen LogP contribution < -0.4 is 0 Å². The van der Waals surface area contributed by atoms with Gasteiger partial charge < -0.3 is 0 Å². The molecule has 0 saturated carbocycles. The van der Waals surface area contributed by atoms with Crippen molar-refractivity contribution in [1.82, 2.24) is 4.90 Å². The van der Waals surface area contributed by atoms with Crippen LogP contribution in [0.25, 0.3) is 33.4 Å². The van der Waals surface area contributed by atoms with Gasteiger partial charge in [0.1, 0.15) is 13.1 Å². The highest BCUT2D eigenvalue weighted by Gasteiger charge is 2.34. The molecule has 0 spiro atoms. The highest BCUT2D eigenvalue weighted by atomic mass is 15.3. The topological polar surface area (TPSA) is 6.25 Å². The van der Waals surface area contributed by atoms with Crippen LogP contribution in [-0.2, 0) is 0 Å². The fourth-order valence-electron chi connectivity index (χ4n) is 4.96. The molecular weight excluding hydrogens is 400 g/mol. The van der Waals surface area contributed by atoms with Crippen LogP contribution in [0.15, 0.2) is 103 Å². The molecule has 0 radical (unpaired) electrons. The van der Waals surface area contributed by atoms with Gasteiger partial charge in [-0.25, -0.2) is 0 Å².